The summed E-state index contributed by atoms with van der Waals surface area (Å²) in [4.78, 5) is 4.72. The standard InChI is InChI=1S/C17H24N2S/c1-13(18-12-6-9-14-7-2-3-8-14)17-19-15-10-4-5-11-16(15)20-17/h4-5,10-11,13-14,18H,2-3,6-9,12H2,1H3. The van der Waals surface area contributed by atoms with Gasteiger partial charge in [0.2, 0.25) is 0 Å². The van der Waals surface area contributed by atoms with Crippen LogP contribution in [0.2, 0.25) is 0 Å². The first kappa shape index (κ1) is 14.0. The van der Waals surface area contributed by atoms with Crippen LogP contribution in [0.4, 0.5) is 0 Å². The average molecular weight is 288 g/mol. The zero-order chi connectivity index (χ0) is 13.8. The summed E-state index contributed by atoms with van der Waals surface area (Å²) in [6.07, 6.45) is 8.56. The lowest BCUT2D eigenvalue weighted by Gasteiger charge is -2.12. The summed E-state index contributed by atoms with van der Waals surface area (Å²) < 4.78 is 1.29. The highest BCUT2D eigenvalue weighted by Crippen LogP contribution is 2.29. The monoisotopic (exact) mass is 288 g/mol. The van der Waals surface area contributed by atoms with Crippen molar-refractivity contribution in [2.24, 2.45) is 5.92 Å². The van der Waals surface area contributed by atoms with Gasteiger partial charge in [0, 0.05) is 0 Å². The molecule has 0 radical (unpaired) electrons. The summed E-state index contributed by atoms with van der Waals surface area (Å²) in [6, 6.07) is 8.78. The average Bonchev–Trinajstić information content (AvgIpc) is 3.12. The van der Waals surface area contributed by atoms with E-state index >= 15 is 0 Å². The van der Waals surface area contributed by atoms with Gasteiger partial charge in [-0.05, 0) is 44.4 Å². The summed E-state index contributed by atoms with van der Waals surface area (Å²) in [5.41, 5.74) is 1.13. The van der Waals surface area contributed by atoms with Gasteiger partial charge >= 0.3 is 0 Å². The molecule has 1 aliphatic rings. The van der Waals surface area contributed by atoms with Crippen molar-refractivity contribution in [1.82, 2.24) is 10.3 Å². The minimum atomic E-state index is 0.371. The molecule has 0 saturated heterocycles. The van der Waals surface area contributed by atoms with Gasteiger partial charge in [-0.3, -0.25) is 0 Å². The lowest BCUT2D eigenvalue weighted by atomic mass is 10.0. The molecule has 1 aliphatic carbocycles. The molecule has 2 aromatic rings. The largest absolute Gasteiger partial charge is 0.308 e. The van der Waals surface area contributed by atoms with Gasteiger partial charge in [-0.2, -0.15) is 0 Å². The predicted molar refractivity (Wildman–Crippen MR) is 87.2 cm³/mol. The summed E-state index contributed by atoms with van der Waals surface area (Å²) in [5, 5.41) is 4.85. The van der Waals surface area contributed by atoms with E-state index in [-0.39, 0.29) is 0 Å². The lowest BCUT2D eigenvalue weighted by Crippen LogP contribution is -2.20. The van der Waals surface area contributed by atoms with E-state index in [0.29, 0.717) is 6.04 Å². The van der Waals surface area contributed by atoms with Gasteiger partial charge in [0.15, 0.2) is 0 Å². The number of hydrogen-bond acceptors (Lipinski definition) is 3. The van der Waals surface area contributed by atoms with Crippen LogP contribution in [-0.4, -0.2) is 11.5 Å². The summed E-state index contributed by atoms with van der Waals surface area (Å²) >= 11 is 1.82. The molecule has 0 amide bonds. The highest BCUT2D eigenvalue weighted by atomic mass is 32.1. The molecule has 0 spiro atoms. The van der Waals surface area contributed by atoms with Crippen LogP contribution in [-0.2, 0) is 0 Å². The maximum atomic E-state index is 4.72. The molecule has 1 aromatic heterocycles. The number of aromatic nitrogens is 1. The van der Waals surface area contributed by atoms with E-state index in [0.717, 1.165) is 18.0 Å². The van der Waals surface area contributed by atoms with Gasteiger partial charge in [0.1, 0.15) is 5.01 Å². The maximum absolute atomic E-state index is 4.72. The Hall–Kier alpha value is -0.930. The fraction of sp³-hybridized carbons (Fsp3) is 0.588. The van der Waals surface area contributed by atoms with Crippen LogP contribution in [0.3, 0.4) is 0 Å². The Bertz CT molecular complexity index is 510. The number of para-hydroxylation sites is 1. The van der Waals surface area contributed by atoms with E-state index in [9.17, 15) is 0 Å². The number of benzene rings is 1. The summed E-state index contributed by atoms with van der Waals surface area (Å²) in [5.74, 6) is 1.01. The number of fused-ring (bicyclic) bond motifs is 1. The van der Waals surface area contributed by atoms with Crippen molar-refractivity contribution in [2.45, 2.75) is 51.5 Å². The minimum absolute atomic E-state index is 0.371. The first-order chi connectivity index (χ1) is 9.83. The Morgan fingerprint density at radius 3 is 2.90 bits per heavy atom. The molecule has 0 bridgehead atoms. The zero-order valence-electron chi connectivity index (χ0n) is 12.3. The molecule has 1 aromatic carbocycles. The Balaban J connectivity index is 1.47. The van der Waals surface area contributed by atoms with Crippen LogP contribution in [0.25, 0.3) is 10.2 Å². The number of thiazole rings is 1. The third kappa shape index (κ3) is 3.39. The van der Waals surface area contributed by atoms with Crippen molar-refractivity contribution in [1.29, 1.82) is 0 Å². The lowest BCUT2D eigenvalue weighted by molar-refractivity contribution is 0.456. The van der Waals surface area contributed by atoms with Crippen LogP contribution < -0.4 is 5.32 Å². The molecule has 108 valence electrons. The second-order valence-electron chi connectivity index (χ2n) is 5.99. The van der Waals surface area contributed by atoms with Crippen molar-refractivity contribution >= 4 is 21.6 Å². The van der Waals surface area contributed by atoms with Crippen molar-refractivity contribution in [2.75, 3.05) is 6.54 Å². The molecule has 0 aliphatic heterocycles. The number of rotatable bonds is 6. The van der Waals surface area contributed by atoms with Crippen molar-refractivity contribution < 1.29 is 0 Å². The van der Waals surface area contributed by atoms with Crippen LogP contribution in [0.5, 0.6) is 0 Å². The fourth-order valence-electron chi connectivity index (χ4n) is 3.17. The Kier molecular flexibility index (Phi) is 4.69. The van der Waals surface area contributed by atoms with Gasteiger partial charge in [0.05, 0.1) is 16.3 Å². The molecule has 1 saturated carbocycles. The topological polar surface area (TPSA) is 24.9 Å². The van der Waals surface area contributed by atoms with E-state index in [4.69, 9.17) is 4.98 Å². The fourth-order valence-corrected chi connectivity index (χ4v) is 4.17. The van der Waals surface area contributed by atoms with Crippen LogP contribution in [0, 0.1) is 5.92 Å². The van der Waals surface area contributed by atoms with E-state index < -0.39 is 0 Å². The van der Waals surface area contributed by atoms with E-state index in [2.05, 4.69) is 36.5 Å². The summed E-state index contributed by atoms with van der Waals surface area (Å²) in [7, 11) is 0. The molecule has 1 fully saturated rings. The normalized spacial score (nSPS) is 17.9. The first-order valence-corrected chi connectivity index (χ1v) is 8.73. The zero-order valence-corrected chi connectivity index (χ0v) is 13.1. The molecule has 2 nitrogen and oxygen atoms in total. The molecule has 3 heteroatoms. The molecular weight excluding hydrogens is 264 g/mol. The Morgan fingerprint density at radius 1 is 1.30 bits per heavy atom. The summed E-state index contributed by atoms with van der Waals surface area (Å²) in [6.45, 7) is 3.35. The van der Waals surface area contributed by atoms with Gasteiger partial charge in [-0.15, -0.1) is 11.3 Å². The van der Waals surface area contributed by atoms with Gasteiger partial charge in [-0.25, -0.2) is 4.98 Å². The maximum Gasteiger partial charge on any atom is 0.111 e. The van der Waals surface area contributed by atoms with E-state index in [1.54, 1.807) is 0 Å². The highest BCUT2D eigenvalue weighted by molar-refractivity contribution is 7.18. The number of nitrogens with one attached hydrogen (secondary N) is 1. The van der Waals surface area contributed by atoms with Crippen LogP contribution in [0.1, 0.15) is 56.5 Å². The van der Waals surface area contributed by atoms with Gasteiger partial charge in [-0.1, -0.05) is 37.8 Å². The smallest absolute Gasteiger partial charge is 0.111 e. The van der Waals surface area contributed by atoms with Gasteiger partial charge < -0.3 is 5.32 Å². The first-order valence-electron chi connectivity index (χ1n) is 7.92. The second-order valence-corrected chi connectivity index (χ2v) is 7.05. The third-order valence-electron chi connectivity index (χ3n) is 4.40. The minimum Gasteiger partial charge on any atom is -0.308 e. The Morgan fingerprint density at radius 2 is 2.10 bits per heavy atom. The molecule has 1 unspecified atom stereocenters. The number of hydrogen-bond donors (Lipinski definition) is 1. The highest BCUT2D eigenvalue weighted by Gasteiger charge is 2.15. The van der Waals surface area contributed by atoms with E-state index in [1.807, 2.05) is 11.3 Å². The van der Waals surface area contributed by atoms with Crippen molar-refractivity contribution in [3.63, 3.8) is 0 Å². The molecule has 20 heavy (non-hydrogen) atoms. The van der Waals surface area contributed by atoms with Gasteiger partial charge in [0.25, 0.3) is 0 Å². The second kappa shape index (κ2) is 6.68. The van der Waals surface area contributed by atoms with Crippen molar-refractivity contribution in [3.05, 3.63) is 29.3 Å². The molecule has 1 N–H and O–H groups in total. The van der Waals surface area contributed by atoms with E-state index in [1.165, 1.54) is 48.2 Å². The third-order valence-corrected chi connectivity index (χ3v) is 5.61. The van der Waals surface area contributed by atoms with Crippen LogP contribution >= 0.6 is 11.3 Å². The molecule has 1 atom stereocenters. The Labute approximate surface area is 125 Å². The number of nitrogens with zero attached hydrogens (tertiary/aromatic N) is 1. The quantitative estimate of drug-likeness (QED) is 0.763. The predicted octanol–water partition coefficient (Wildman–Crippen LogP) is 4.92. The molecule has 3 rings (SSSR count). The molecule has 1 heterocycles. The van der Waals surface area contributed by atoms with Crippen molar-refractivity contribution in [3.8, 4) is 0 Å². The van der Waals surface area contributed by atoms with Crippen LogP contribution in [0.15, 0.2) is 24.3 Å². The molecular formula is C17H24N2S. The SMILES string of the molecule is CC(NCCCC1CCCC1)c1nc2ccccc2s1.